The minimum atomic E-state index is -0.0556. The molecule has 1 aromatic heterocycles. The first-order valence-corrected chi connectivity index (χ1v) is 5.56. The van der Waals surface area contributed by atoms with E-state index in [1.54, 1.807) is 17.2 Å². The molecule has 0 bridgehead atoms. The lowest BCUT2D eigenvalue weighted by Gasteiger charge is -2.20. The van der Waals surface area contributed by atoms with Crippen LogP contribution in [-0.4, -0.2) is 22.8 Å². The summed E-state index contributed by atoms with van der Waals surface area (Å²) >= 11 is 0. The molecule has 0 spiro atoms. The molecule has 1 aromatic carbocycles. The van der Waals surface area contributed by atoms with Crippen LogP contribution < -0.4 is 0 Å². The van der Waals surface area contributed by atoms with E-state index in [1.165, 1.54) is 0 Å². The van der Waals surface area contributed by atoms with E-state index < -0.39 is 0 Å². The fourth-order valence-corrected chi connectivity index (χ4v) is 2.32. The van der Waals surface area contributed by atoms with E-state index in [2.05, 4.69) is 4.98 Å². The first-order valence-electron chi connectivity index (χ1n) is 5.56. The lowest BCUT2D eigenvalue weighted by Crippen LogP contribution is -2.23. The minimum Gasteiger partial charge on any atom is -0.329 e. The summed E-state index contributed by atoms with van der Waals surface area (Å²) in [4.78, 5) is 18.2. The molecule has 1 aliphatic rings. The quantitative estimate of drug-likeness (QED) is 0.744. The van der Waals surface area contributed by atoms with Crippen molar-refractivity contribution in [3.63, 3.8) is 0 Å². The van der Waals surface area contributed by atoms with Crippen molar-refractivity contribution >= 4 is 5.91 Å². The predicted molar refractivity (Wildman–Crippen MR) is 64.6 cm³/mol. The van der Waals surface area contributed by atoms with Crippen LogP contribution >= 0.6 is 0 Å². The van der Waals surface area contributed by atoms with Crippen LogP contribution in [0.2, 0.25) is 0 Å². The Morgan fingerprint density at radius 2 is 1.88 bits per heavy atom. The zero-order valence-corrected chi connectivity index (χ0v) is 9.50. The first kappa shape index (κ1) is 10.0. The Morgan fingerprint density at radius 1 is 1.12 bits per heavy atom. The molecule has 0 radical (unpaired) electrons. The normalized spacial score (nSPS) is 18.3. The van der Waals surface area contributed by atoms with Gasteiger partial charge in [-0.15, -0.1) is 0 Å². The topological polar surface area (TPSA) is 33.2 Å². The Labute approximate surface area is 99.7 Å². The fourth-order valence-electron chi connectivity index (χ4n) is 2.32. The summed E-state index contributed by atoms with van der Waals surface area (Å²) in [5.74, 6) is 0.0435. The van der Waals surface area contributed by atoms with Crippen LogP contribution in [0.3, 0.4) is 0 Å². The van der Waals surface area contributed by atoms with Crippen LogP contribution in [0.4, 0.5) is 0 Å². The maximum Gasteiger partial charge on any atom is 0.256 e. The Morgan fingerprint density at radius 3 is 2.65 bits per heavy atom. The summed E-state index contributed by atoms with van der Waals surface area (Å²) in [5, 5.41) is 0. The van der Waals surface area contributed by atoms with Gasteiger partial charge in [-0.2, -0.15) is 0 Å². The fraction of sp³-hybridized carbons (Fsp3) is 0.143. The summed E-state index contributed by atoms with van der Waals surface area (Å²) in [6, 6.07) is 13.6. The zero-order valence-electron chi connectivity index (χ0n) is 9.50. The van der Waals surface area contributed by atoms with E-state index in [1.807, 2.05) is 43.4 Å². The molecule has 0 aliphatic carbocycles. The Kier molecular flexibility index (Phi) is 2.18. The van der Waals surface area contributed by atoms with Gasteiger partial charge < -0.3 is 4.90 Å². The molecule has 3 rings (SSSR count). The summed E-state index contributed by atoms with van der Waals surface area (Å²) in [6.45, 7) is 0. The molecule has 3 heteroatoms. The lowest BCUT2D eigenvalue weighted by atomic mass is 10.0. The largest absolute Gasteiger partial charge is 0.329 e. The maximum atomic E-state index is 12.1. The molecule has 0 fully saturated rings. The molecule has 1 aliphatic heterocycles. The average molecular weight is 224 g/mol. The molecule has 2 heterocycles. The monoisotopic (exact) mass is 224 g/mol. The third-order valence-electron chi connectivity index (χ3n) is 3.15. The standard InChI is InChI=1S/C14H12N2O/c1-16-13(10-6-3-2-4-7-10)12-11(14(16)17)8-5-9-15-12/h2-9,13H,1H3. The number of hydrogen-bond acceptors (Lipinski definition) is 2. The highest BCUT2D eigenvalue weighted by Crippen LogP contribution is 2.35. The van der Waals surface area contributed by atoms with E-state index in [0.29, 0.717) is 5.56 Å². The van der Waals surface area contributed by atoms with Gasteiger partial charge in [0.2, 0.25) is 0 Å². The van der Waals surface area contributed by atoms with Gasteiger partial charge in [0.1, 0.15) is 6.04 Å². The number of nitrogens with zero attached hydrogens (tertiary/aromatic N) is 2. The predicted octanol–water partition coefficient (Wildman–Crippen LogP) is 2.26. The van der Waals surface area contributed by atoms with Gasteiger partial charge in [0.25, 0.3) is 5.91 Å². The Balaban J connectivity index is 2.16. The van der Waals surface area contributed by atoms with Gasteiger partial charge in [0, 0.05) is 13.2 Å². The number of pyridine rings is 1. The Bertz CT molecular complexity index is 565. The van der Waals surface area contributed by atoms with Crippen molar-refractivity contribution in [3.8, 4) is 0 Å². The number of carbonyl (C=O) groups excluding carboxylic acids is 1. The SMILES string of the molecule is CN1C(=O)c2cccnc2C1c1ccccc1. The van der Waals surface area contributed by atoms with Crippen LogP contribution in [0.1, 0.15) is 27.7 Å². The second kappa shape index (κ2) is 3.70. The van der Waals surface area contributed by atoms with E-state index in [9.17, 15) is 4.79 Å². The lowest BCUT2D eigenvalue weighted by molar-refractivity contribution is 0.0793. The van der Waals surface area contributed by atoms with Crippen molar-refractivity contribution in [2.45, 2.75) is 6.04 Å². The zero-order chi connectivity index (χ0) is 11.8. The molecular formula is C14H12N2O. The van der Waals surface area contributed by atoms with E-state index in [0.717, 1.165) is 11.3 Å². The molecule has 3 nitrogen and oxygen atoms in total. The molecule has 2 aromatic rings. The van der Waals surface area contributed by atoms with Crippen LogP contribution in [0.5, 0.6) is 0 Å². The van der Waals surface area contributed by atoms with Crippen LogP contribution in [0, 0.1) is 0 Å². The second-order valence-corrected chi connectivity index (χ2v) is 4.17. The van der Waals surface area contributed by atoms with Gasteiger partial charge in [0.15, 0.2) is 0 Å². The number of carbonyl (C=O) groups is 1. The van der Waals surface area contributed by atoms with E-state index in [-0.39, 0.29) is 11.9 Å². The molecule has 0 saturated heterocycles. The van der Waals surface area contributed by atoms with Gasteiger partial charge >= 0.3 is 0 Å². The number of amides is 1. The van der Waals surface area contributed by atoms with Gasteiger partial charge in [0.05, 0.1) is 11.3 Å². The highest BCUT2D eigenvalue weighted by Gasteiger charge is 2.35. The van der Waals surface area contributed by atoms with Gasteiger partial charge in [-0.3, -0.25) is 9.78 Å². The van der Waals surface area contributed by atoms with E-state index in [4.69, 9.17) is 0 Å². The van der Waals surface area contributed by atoms with Crippen molar-refractivity contribution in [1.82, 2.24) is 9.88 Å². The third-order valence-corrected chi connectivity index (χ3v) is 3.15. The molecule has 1 amide bonds. The molecular weight excluding hydrogens is 212 g/mol. The maximum absolute atomic E-state index is 12.1. The highest BCUT2D eigenvalue weighted by atomic mass is 16.2. The van der Waals surface area contributed by atoms with Crippen molar-refractivity contribution < 1.29 is 4.79 Å². The summed E-state index contributed by atoms with van der Waals surface area (Å²) < 4.78 is 0. The van der Waals surface area contributed by atoms with Crippen LogP contribution in [-0.2, 0) is 0 Å². The molecule has 17 heavy (non-hydrogen) atoms. The highest BCUT2D eigenvalue weighted by molar-refractivity contribution is 5.98. The minimum absolute atomic E-state index is 0.0435. The number of aromatic nitrogens is 1. The number of hydrogen-bond donors (Lipinski definition) is 0. The van der Waals surface area contributed by atoms with Crippen molar-refractivity contribution in [2.24, 2.45) is 0 Å². The first-order chi connectivity index (χ1) is 8.29. The van der Waals surface area contributed by atoms with Crippen LogP contribution in [0.15, 0.2) is 48.7 Å². The number of rotatable bonds is 1. The van der Waals surface area contributed by atoms with Gasteiger partial charge in [-0.25, -0.2) is 0 Å². The molecule has 84 valence electrons. The summed E-state index contributed by atoms with van der Waals surface area (Å²) in [5.41, 5.74) is 2.66. The smallest absolute Gasteiger partial charge is 0.256 e. The number of benzene rings is 1. The summed E-state index contributed by atoms with van der Waals surface area (Å²) in [6.07, 6.45) is 1.74. The molecule has 1 unspecified atom stereocenters. The number of fused-ring (bicyclic) bond motifs is 1. The van der Waals surface area contributed by atoms with Gasteiger partial charge in [-0.05, 0) is 17.7 Å². The molecule has 0 saturated carbocycles. The molecule has 0 N–H and O–H groups in total. The molecule has 1 atom stereocenters. The summed E-state index contributed by atoms with van der Waals surface area (Å²) in [7, 11) is 1.82. The van der Waals surface area contributed by atoms with Crippen molar-refractivity contribution in [1.29, 1.82) is 0 Å². The third kappa shape index (κ3) is 1.43. The van der Waals surface area contributed by atoms with Crippen molar-refractivity contribution in [3.05, 3.63) is 65.5 Å². The average Bonchev–Trinajstić information content (AvgIpc) is 2.64. The second-order valence-electron chi connectivity index (χ2n) is 4.17. The Hall–Kier alpha value is -2.16. The van der Waals surface area contributed by atoms with E-state index >= 15 is 0 Å². The van der Waals surface area contributed by atoms with Crippen molar-refractivity contribution in [2.75, 3.05) is 7.05 Å². The van der Waals surface area contributed by atoms with Crippen LogP contribution in [0.25, 0.3) is 0 Å². The van der Waals surface area contributed by atoms with Gasteiger partial charge in [-0.1, -0.05) is 30.3 Å².